The summed E-state index contributed by atoms with van der Waals surface area (Å²) in [5.74, 6) is 0.775. The number of aryl methyl sites for hydroxylation is 1. The van der Waals surface area contributed by atoms with Gasteiger partial charge in [0, 0.05) is 29.7 Å². The first-order chi connectivity index (χ1) is 14.3. The summed E-state index contributed by atoms with van der Waals surface area (Å²) in [6.45, 7) is 3.89. The van der Waals surface area contributed by atoms with Crippen LogP contribution in [0.15, 0.2) is 36.7 Å². The van der Waals surface area contributed by atoms with E-state index in [2.05, 4.69) is 45.3 Å². The molecule has 2 fully saturated rings. The zero-order chi connectivity index (χ0) is 20.9. The Morgan fingerprint density at radius 1 is 1.23 bits per heavy atom. The molecule has 3 aromatic rings. The van der Waals surface area contributed by atoms with E-state index < -0.39 is 12.6 Å². The van der Waals surface area contributed by atoms with E-state index in [9.17, 15) is 13.2 Å². The first kappa shape index (κ1) is 19.6. The summed E-state index contributed by atoms with van der Waals surface area (Å²) in [6.07, 6.45) is -0.352. The highest BCUT2D eigenvalue weighted by atomic mass is 32.1. The van der Waals surface area contributed by atoms with Gasteiger partial charge in [0.15, 0.2) is 0 Å². The van der Waals surface area contributed by atoms with Crippen molar-refractivity contribution in [2.45, 2.75) is 44.8 Å². The summed E-state index contributed by atoms with van der Waals surface area (Å²) in [6, 6.07) is 10.4. The molecule has 0 amide bonds. The van der Waals surface area contributed by atoms with E-state index in [1.54, 1.807) is 6.07 Å². The van der Waals surface area contributed by atoms with E-state index in [0.29, 0.717) is 15.7 Å². The monoisotopic (exact) mass is 432 g/mol. The van der Waals surface area contributed by atoms with E-state index in [0.717, 1.165) is 54.9 Å². The maximum atomic E-state index is 12.8. The normalized spacial score (nSPS) is 23.9. The van der Waals surface area contributed by atoms with Crippen LogP contribution in [-0.4, -0.2) is 35.3 Å². The van der Waals surface area contributed by atoms with Crippen LogP contribution in [0.25, 0.3) is 10.2 Å². The minimum absolute atomic E-state index is 0.266. The highest BCUT2D eigenvalue weighted by molar-refractivity contribution is 7.18. The van der Waals surface area contributed by atoms with Crippen molar-refractivity contribution in [1.29, 1.82) is 0 Å². The Hall–Kier alpha value is -2.35. The van der Waals surface area contributed by atoms with Crippen LogP contribution >= 0.6 is 11.3 Å². The van der Waals surface area contributed by atoms with Gasteiger partial charge in [-0.2, -0.15) is 13.2 Å². The molecule has 0 unspecified atom stereocenters. The smallest absolute Gasteiger partial charge is 0.382 e. The zero-order valence-electron chi connectivity index (χ0n) is 16.7. The average molecular weight is 433 g/mol. The standard InChI is InChI=1S/C22H23F3N4S/c1-14-4-2-3-5-18(14)28-15-9-21(10-15)6-7-29(12-21)19-17-8-16(11-22(23,24)25)30-20(17)27-13-26-19/h2-5,8,13,15,28H,6-7,9-12H2,1H3. The first-order valence-corrected chi connectivity index (χ1v) is 11.0. The van der Waals surface area contributed by atoms with Crippen LogP contribution in [0.2, 0.25) is 0 Å². The number of alkyl halides is 3. The summed E-state index contributed by atoms with van der Waals surface area (Å²) in [4.78, 5) is 11.8. The van der Waals surface area contributed by atoms with Crippen LogP contribution in [-0.2, 0) is 6.42 Å². The van der Waals surface area contributed by atoms with Crippen molar-refractivity contribution in [3.05, 3.63) is 47.1 Å². The van der Waals surface area contributed by atoms with Crippen LogP contribution in [0.5, 0.6) is 0 Å². The predicted octanol–water partition coefficient (Wildman–Crippen LogP) is 5.58. The van der Waals surface area contributed by atoms with Gasteiger partial charge in [-0.1, -0.05) is 18.2 Å². The van der Waals surface area contributed by atoms with Gasteiger partial charge in [-0.15, -0.1) is 11.3 Å². The van der Waals surface area contributed by atoms with Crippen LogP contribution in [0.3, 0.4) is 0 Å². The number of halogens is 3. The number of fused-ring (bicyclic) bond motifs is 1. The lowest BCUT2D eigenvalue weighted by atomic mass is 9.65. The second-order valence-electron chi connectivity index (χ2n) is 8.66. The fourth-order valence-electron chi connectivity index (χ4n) is 4.92. The maximum absolute atomic E-state index is 12.8. The molecule has 1 saturated carbocycles. The number of benzene rings is 1. The fraction of sp³-hybridized carbons (Fsp3) is 0.455. The van der Waals surface area contributed by atoms with Crippen LogP contribution in [0, 0.1) is 12.3 Å². The fourth-order valence-corrected chi connectivity index (χ4v) is 5.94. The number of aromatic nitrogens is 2. The quantitative estimate of drug-likeness (QED) is 0.585. The Morgan fingerprint density at radius 3 is 2.80 bits per heavy atom. The molecule has 2 aliphatic rings. The summed E-state index contributed by atoms with van der Waals surface area (Å²) in [7, 11) is 0. The Labute approximate surface area is 177 Å². The summed E-state index contributed by atoms with van der Waals surface area (Å²) in [5.41, 5.74) is 2.71. The third-order valence-electron chi connectivity index (χ3n) is 6.34. The Bertz CT molecular complexity index is 1070. The van der Waals surface area contributed by atoms with Gasteiger partial charge in [-0.05, 0) is 49.3 Å². The van der Waals surface area contributed by atoms with E-state index in [4.69, 9.17) is 0 Å². The molecule has 0 radical (unpaired) electrons. The largest absolute Gasteiger partial charge is 0.393 e. The highest BCUT2D eigenvalue weighted by Crippen LogP contribution is 2.50. The third-order valence-corrected chi connectivity index (χ3v) is 7.38. The van der Waals surface area contributed by atoms with Crippen molar-refractivity contribution in [2.75, 3.05) is 23.3 Å². The van der Waals surface area contributed by atoms with Gasteiger partial charge >= 0.3 is 6.18 Å². The van der Waals surface area contributed by atoms with E-state index in [1.165, 1.54) is 17.6 Å². The van der Waals surface area contributed by atoms with Gasteiger partial charge in [-0.25, -0.2) is 9.97 Å². The van der Waals surface area contributed by atoms with Crippen LogP contribution in [0.1, 0.15) is 29.7 Å². The van der Waals surface area contributed by atoms with Crippen molar-refractivity contribution in [3.8, 4) is 0 Å². The number of para-hydroxylation sites is 1. The summed E-state index contributed by atoms with van der Waals surface area (Å²) >= 11 is 1.11. The summed E-state index contributed by atoms with van der Waals surface area (Å²) < 4.78 is 38.4. The second-order valence-corrected chi connectivity index (χ2v) is 9.77. The molecule has 1 aliphatic heterocycles. The minimum Gasteiger partial charge on any atom is -0.382 e. The number of hydrogen-bond donors (Lipinski definition) is 1. The molecule has 30 heavy (non-hydrogen) atoms. The molecule has 4 nitrogen and oxygen atoms in total. The number of thiophene rings is 1. The number of nitrogens with zero attached hydrogens (tertiary/aromatic N) is 3. The van der Waals surface area contributed by atoms with E-state index in [-0.39, 0.29) is 5.41 Å². The molecule has 5 rings (SSSR count). The molecule has 1 spiro atoms. The number of hydrogen-bond acceptors (Lipinski definition) is 5. The molecular weight excluding hydrogens is 409 g/mol. The van der Waals surface area contributed by atoms with E-state index in [1.807, 2.05) is 6.07 Å². The lowest BCUT2D eigenvalue weighted by Gasteiger charge is -2.46. The van der Waals surface area contributed by atoms with Crippen molar-refractivity contribution >= 4 is 33.1 Å². The van der Waals surface area contributed by atoms with Crippen molar-refractivity contribution < 1.29 is 13.2 Å². The average Bonchev–Trinajstić information content (AvgIpc) is 3.25. The first-order valence-electron chi connectivity index (χ1n) is 10.2. The van der Waals surface area contributed by atoms with Gasteiger partial charge < -0.3 is 10.2 Å². The van der Waals surface area contributed by atoms with Gasteiger partial charge in [0.05, 0.1) is 11.8 Å². The highest BCUT2D eigenvalue weighted by Gasteiger charge is 2.49. The van der Waals surface area contributed by atoms with Gasteiger partial charge in [0.2, 0.25) is 0 Å². The van der Waals surface area contributed by atoms with Crippen molar-refractivity contribution in [3.63, 3.8) is 0 Å². The number of anilines is 2. The SMILES string of the molecule is Cc1ccccc1NC1CC2(CCN(c3ncnc4sc(CC(F)(F)F)cc34)C2)C1. The number of nitrogens with one attached hydrogen (secondary N) is 1. The molecule has 1 N–H and O–H groups in total. The Balaban J connectivity index is 1.28. The van der Waals surface area contributed by atoms with Crippen molar-refractivity contribution in [2.24, 2.45) is 5.41 Å². The molecular formula is C22H23F3N4S. The summed E-state index contributed by atoms with van der Waals surface area (Å²) in [5, 5.41) is 4.40. The molecule has 0 bridgehead atoms. The molecule has 3 heterocycles. The molecule has 2 aromatic heterocycles. The van der Waals surface area contributed by atoms with Gasteiger partial charge in [-0.3, -0.25) is 0 Å². The molecule has 1 aromatic carbocycles. The lowest BCUT2D eigenvalue weighted by molar-refractivity contribution is -0.126. The van der Waals surface area contributed by atoms with Crippen LogP contribution in [0.4, 0.5) is 24.7 Å². The van der Waals surface area contributed by atoms with Crippen LogP contribution < -0.4 is 10.2 Å². The third kappa shape index (κ3) is 3.73. The lowest BCUT2D eigenvalue weighted by Crippen LogP contribution is -2.47. The number of rotatable bonds is 4. The second kappa shape index (κ2) is 7.11. The topological polar surface area (TPSA) is 41.0 Å². The molecule has 0 atom stereocenters. The zero-order valence-corrected chi connectivity index (χ0v) is 17.5. The molecule has 1 saturated heterocycles. The predicted molar refractivity (Wildman–Crippen MR) is 114 cm³/mol. The molecule has 158 valence electrons. The molecule has 1 aliphatic carbocycles. The Kier molecular flexibility index (Phi) is 4.65. The van der Waals surface area contributed by atoms with E-state index >= 15 is 0 Å². The molecule has 8 heteroatoms. The Morgan fingerprint density at radius 2 is 2.03 bits per heavy atom. The van der Waals surface area contributed by atoms with Crippen molar-refractivity contribution in [1.82, 2.24) is 9.97 Å². The maximum Gasteiger partial charge on any atom is 0.393 e. The minimum atomic E-state index is -4.21. The van der Waals surface area contributed by atoms with Gasteiger partial charge in [0.1, 0.15) is 17.0 Å². The van der Waals surface area contributed by atoms with Gasteiger partial charge in [0.25, 0.3) is 0 Å².